The summed E-state index contributed by atoms with van der Waals surface area (Å²) in [6, 6.07) is 14.8. The number of ether oxygens (including phenoxy) is 1. The SMILES string of the molecule is Nc1ncnc2c1ncn2[C@@H]1O[C@H](CSCCCNCc2cccc(-c3cccc4cn[nH]c34)c2)[C@@H](O)[C@H]1O. The van der Waals surface area contributed by atoms with Gasteiger partial charge in [-0.15, -0.1) is 0 Å². The number of aromatic amines is 1. The first-order valence-electron chi connectivity index (χ1n) is 12.8. The zero-order chi connectivity index (χ0) is 26.8. The Labute approximate surface area is 228 Å². The van der Waals surface area contributed by atoms with Crippen LogP contribution in [0.4, 0.5) is 5.82 Å². The van der Waals surface area contributed by atoms with Gasteiger partial charge in [0.2, 0.25) is 0 Å². The first-order valence-corrected chi connectivity index (χ1v) is 14.0. The van der Waals surface area contributed by atoms with Crippen LogP contribution in [0.25, 0.3) is 33.2 Å². The maximum absolute atomic E-state index is 10.6. The molecule has 5 aromatic rings. The van der Waals surface area contributed by atoms with Gasteiger partial charge in [-0.25, -0.2) is 15.0 Å². The summed E-state index contributed by atoms with van der Waals surface area (Å²) in [4.78, 5) is 12.4. The molecule has 1 saturated heterocycles. The van der Waals surface area contributed by atoms with E-state index in [-0.39, 0.29) is 5.82 Å². The van der Waals surface area contributed by atoms with Crippen LogP contribution in [0.1, 0.15) is 18.2 Å². The van der Waals surface area contributed by atoms with Crippen LogP contribution in [0.15, 0.2) is 61.3 Å². The number of para-hydroxylation sites is 1. The Bertz CT molecular complexity index is 1570. The number of hydrogen-bond acceptors (Lipinski definition) is 10. The van der Waals surface area contributed by atoms with Gasteiger partial charge < -0.3 is 26.0 Å². The Morgan fingerprint density at radius 2 is 2.00 bits per heavy atom. The third-order valence-electron chi connectivity index (χ3n) is 6.97. The van der Waals surface area contributed by atoms with Crippen molar-refractivity contribution in [2.75, 3.05) is 23.8 Å². The third-order valence-corrected chi connectivity index (χ3v) is 8.11. The molecule has 1 aliphatic rings. The topological polar surface area (TPSA) is 160 Å². The van der Waals surface area contributed by atoms with Gasteiger partial charge in [0, 0.05) is 23.2 Å². The lowest BCUT2D eigenvalue weighted by atomic mass is 10.0. The van der Waals surface area contributed by atoms with Crippen LogP contribution in [0.2, 0.25) is 0 Å². The van der Waals surface area contributed by atoms with E-state index >= 15 is 0 Å². The molecule has 3 aromatic heterocycles. The Morgan fingerprint density at radius 3 is 2.92 bits per heavy atom. The van der Waals surface area contributed by atoms with E-state index < -0.39 is 24.5 Å². The highest BCUT2D eigenvalue weighted by Gasteiger charge is 2.44. The number of aromatic nitrogens is 6. The van der Waals surface area contributed by atoms with Gasteiger partial charge in [0.05, 0.1) is 24.1 Å². The second kappa shape index (κ2) is 11.3. The molecule has 6 N–H and O–H groups in total. The number of nitrogens with one attached hydrogen (secondary N) is 2. The zero-order valence-corrected chi connectivity index (χ0v) is 22.0. The third kappa shape index (κ3) is 5.21. The number of anilines is 1. The van der Waals surface area contributed by atoms with Crippen molar-refractivity contribution in [2.24, 2.45) is 0 Å². The number of nitrogens with two attached hydrogens (primary N) is 1. The summed E-state index contributed by atoms with van der Waals surface area (Å²) in [5.41, 5.74) is 11.3. The van der Waals surface area contributed by atoms with Gasteiger partial charge in [-0.2, -0.15) is 16.9 Å². The van der Waals surface area contributed by atoms with Crippen molar-refractivity contribution in [3.8, 4) is 11.1 Å². The molecule has 0 bridgehead atoms. The molecule has 0 aliphatic carbocycles. The van der Waals surface area contributed by atoms with Gasteiger partial charge in [-0.1, -0.05) is 36.4 Å². The highest BCUT2D eigenvalue weighted by molar-refractivity contribution is 7.99. The smallest absolute Gasteiger partial charge is 0.167 e. The summed E-state index contributed by atoms with van der Waals surface area (Å²) in [6.07, 6.45) is 2.27. The Balaban J connectivity index is 0.956. The number of rotatable bonds is 10. The first-order chi connectivity index (χ1) is 19.1. The molecule has 11 nitrogen and oxygen atoms in total. The molecular formula is C27H30N8O3S. The van der Waals surface area contributed by atoms with Crippen LogP contribution < -0.4 is 11.1 Å². The van der Waals surface area contributed by atoms with E-state index in [2.05, 4.69) is 72.9 Å². The highest BCUT2D eigenvalue weighted by Crippen LogP contribution is 2.33. The first kappa shape index (κ1) is 25.7. The van der Waals surface area contributed by atoms with Crippen LogP contribution in [-0.4, -0.2) is 76.3 Å². The van der Waals surface area contributed by atoms with Gasteiger partial charge in [0.15, 0.2) is 17.7 Å². The Morgan fingerprint density at radius 1 is 1.10 bits per heavy atom. The normalized spacial score (nSPS) is 21.3. The largest absolute Gasteiger partial charge is 0.387 e. The maximum atomic E-state index is 10.6. The summed E-state index contributed by atoms with van der Waals surface area (Å²) < 4.78 is 7.61. The maximum Gasteiger partial charge on any atom is 0.167 e. The highest BCUT2D eigenvalue weighted by atomic mass is 32.2. The number of benzene rings is 2. The summed E-state index contributed by atoms with van der Waals surface area (Å²) in [7, 11) is 0. The van der Waals surface area contributed by atoms with E-state index in [4.69, 9.17) is 10.5 Å². The van der Waals surface area contributed by atoms with E-state index in [1.807, 2.05) is 6.20 Å². The van der Waals surface area contributed by atoms with Crippen LogP contribution in [0.3, 0.4) is 0 Å². The molecule has 39 heavy (non-hydrogen) atoms. The lowest BCUT2D eigenvalue weighted by Crippen LogP contribution is -2.32. The second-order valence-corrected chi connectivity index (χ2v) is 10.7. The van der Waals surface area contributed by atoms with E-state index in [1.54, 1.807) is 16.3 Å². The lowest BCUT2D eigenvalue weighted by molar-refractivity contribution is -0.0289. The molecule has 4 atom stereocenters. The minimum absolute atomic E-state index is 0.256. The molecule has 1 aliphatic heterocycles. The van der Waals surface area contributed by atoms with Crippen molar-refractivity contribution in [3.05, 3.63) is 66.9 Å². The minimum atomic E-state index is -1.10. The van der Waals surface area contributed by atoms with Gasteiger partial charge in [0.25, 0.3) is 0 Å². The molecule has 0 unspecified atom stereocenters. The Hall–Kier alpha value is -3.55. The van der Waals surface area contributed by atoms with Crippen LogP contribution >= 0.6 is 11.8 Å². The quantitative estimate of drug-likeness (QED) is 0.165. The number of nitrogens with zero attached hydrogens (tertiary/aromatic N) is 5. The van der Waals surface area contributed by atoms with Crippen LogP contribution in [-0.2, 0) is 11.3 Å². The summed E-state index contributed by atoms with van der Waals surface area (Å²) in [6.45, 7) is 1.65. The summed E-state index contributed by atoms with van der Waals surface area (Å²) >= 11 is 1.69. The molecule has 12 heteroatoms. The van der Waals surface area contributed by atoms with E-state index in [0.717, 1.165) is 47.3 Å². The van der Waals surface area contributed by atoms with Gasteiger partial charge in [-0.05, 0) is 35.9 Å². The second-order valence-electron chi connectivity index (χ2n) is 9.57. The molecule has 0 radical (unpaired) electrons. The van der Waals surface area contributed by atoms with E-state index in [0.29, 0.717) is 16.9 Å². The van der Waals surface area contributed by atoms with E-state index in [9.17, 15) is 10.2 Å². The number of H-pyrrole nitrogens is 1. The van der Waals surface area contributed by atoms with Crippen molar-refractivity contribution in [1.29, 1.82) is 0 Å². The summed E-state index contributed by atoms with van der Waals surface area (Å²) in [5, 5.41) is 33.1. The average Bonchev–Trinajstić information content (AvgIpc) is 3.67. The standard InChI is InChI=1S/C27H30N8O3S/c28-25-22-26(31-14-30-25)35(15-32-22)27-24(37)23(36)20(38-27)13-39-9-3-8-29-11-16-4-1-5-17(10-16)19-7-2-6-18-12-33-34-21(18)19/h1-2,4-7,10,12,14-15,20,23-24,27,29,36-37H,3,8-9,11,13H2,(H,33,34)(H2,28,30,31)/t20-,23-,24-,27-/m1/s1. The number of thioether (sulfide) groups is 1. The molecule has 0 spiro atoms. The molecule has 2 aromatic carbocycles. The number of aliphatic hydroxyl groups is 2. The molecule has 0 amide bonds. The summed E-state index contributed by atoms with van der Waals surface area (Å²) in [5.74, 6) is 1.73. The number of hydrogen-bond donors (Lipinski definition) is 5. The number of aliphatic hydroxyl groups excluding tert-OH is 2. The fraction of sp³-hybridized carbons (Fsp3) is 0.333. The molecule has 1 fully saturated rings. The predicted molar refractivity (Wildman–Crippen MR) is 151 cm³/mol. The predicted octanol–water partition coefficient (Wildman–Crippen LogP) is 2.48. The number of imidazole rings is 1. The van der Waals surface area contributed by atoms with Crippen molar-refractivity contribution in [2.45, 2.75) is 37.5 Å². The van der Waals surface area contributed by atoms with Gasteiger partial charge >= 0.3 is 0 Å². The molecule has 0 saturated carbocycles. The molecule has 4 heterocycles. The average molecular weight is 547 g/mol. The zero-order valence-electron chi connectivity index (χ0n) is 21.1. The molecule has 6 rings (SSSR count). The molecule has 202 valence electrons. The fourth-order valence-electron chi connectivity index (χ4n) is 4.94. The van der Waals surface area contributed by atoms with Gasteiger partial charge in [-0.3, -0.25) is 9.67 Å². The monoisotopic (exact) mass is 546 g/mol. The van der Waals surface area contributed by atoms with Crippen molar-refractivity contribution < 1.29 is 14.9 Å². The van der Waals surface area contributed by atoms with Crippen molar-refractivity contribution in [1.82, 2.24) is 35.0 Å². The van der Waals surface area contributed by atoms with Crippen LogP contribution in [0.5, 0.6) is 0 Å². The van der Waals surface area contributed by atoms with Gasteiger partial charge in [0.1, 0.15) is 24.1 Å². The minimum Gasteiger partial charge on any atom is -0.387 e. The van der Waals surface area contributed by atoms with Crippen molar-refractivity contribution >= 4 is 39.6 Å². The Kier molecular flexibility index (Phi) is 7.44. The number of nitrogen functional groups attached to an aromatic ring is 1. The molecular weight excluding hydrogens is 516 g/mol. The fourth-order valence-corrected chi connectivity index (χ4v) is 5.97. The van der Waals surface area contributed by atoms with E-state index in [1.165, 1.54) is 18.2 Å². The lowest BCUT2D eigenvalue weighted by Gasteiger charge is -2.16. The van der Waals surface area contributed by atoms with Crippen LogP contribution in [0, 0.1) is 0 Å². The van der Waals surface area contributed by atoms with Crippen molar-refractivity contribution in [3.63, 3.8) is 0 Å². The number of fused-ring (bicyclic) bond motifs is 2.